The van der Waals surface area contributed by atoms with Crippen molar-refractivity contribution in [1.82, 2.24) is 14.7 Å². The number of rotatable bonds is 6. The van der Waals surface area contributed by atoms with Crippen LogP contribution in [0.15, 0.2) is 60.7 Å². The standard InChI is InChI=1S/C23H29N3O2/c1-24(2)23(28)20-15-10-16-26(20)17-21(27)25(3)22(18-11-6-4-7-12-18)19-13-8-5-9-14-19/h4-9,11-14,20,22H,10,15-17H2,1-3H3. The van der Waals surface area contributed by atoms with Gasteiger partial charge in [0.05, 0.1) is 18.6 Å². The Balaban J connectivity index is 1.80. The molecule has 0 aliphatic carbocycles. The summed E-state index contributed by atoms with van der Waals surface area (Å²) in [7, 11) is 5.40. The maximum atomic E-state index is 13.2. The Bertz CT molecular complexity index is 753. The highest BCUT2D eigenvalue weighted by Gasteiger charge is 2.34. The van der Waals surface area contributed by atoms with Gasteiger partial charge in [-0.2, -0.15) is 0 Å². The van der Waals surface area contributed by atoms with Crippen molar-refractivity contribution in [3.8, 4) is 0 Å². The molecule has 2 aromatic carbocycles. The number of likely N-dealkylation sites (N-methyl/N-ethyl adjacent to an activating group) is 2. The van der Waals surface area contributed by atoms with Gasteiger partial charge in [-0.05, 0) is 30.5 Å². The predicted octanol–water partition coefficient (Wildman–Crippen LogP) is 2.79. The molecule has 1 atom stereocenters. The van der Waals surface area contributed by atoms with Gasteiger partial charge in [0.25, 0.3) is 0 Å². The van der Waals surface area contributed by atoms with E-state index in [1.165, 1.54) is 0 Å². The zero-order chi connectivity index (χ0) is 20.1. The second-order valence-electron chi connectivity index (χ2n) is 7.59. The number of nitrogens with zero attached hydrogens (tertiary/aromatic N) is 3. The van der Waals surface area contributed by atoms with Crippen molar-refractivity contribution in [3.05, 3.63) is 71.8 Å². The number of likely N-dealkylation sites (tertiary alicyclic amines) is 1. The molecular formula is C23H29N3O2. The lowest BCUT2D eigenvalue weighted by atomic mass is 9.97. The Morgan fingerprint density at radius 2 is 1.50 bits per heavy atom. The molecule has 28 heavy (non-hydrogen) atoms. The summed E-state index contributed by atoms with van der Waals surface area (Å²) in [6.07, 6.45) is 1.76. The summed E-state index contributed by atoms with van der Waals surface area (Å²) in [5, 5.41) is 0. The van der Waals surface area contributed by atoms with E-state index in [2.05, 4.69) is 24.3 Å². The second-order valence-corrected chi connectivity index (χ2v) is 7.59. The molecule has 3 rings (SSSR count). The number of amides is 2. The molecule has 1 heterocycles. The minimum atomic E-state index is -0.195. The van der Waals surface area contributed by atoms with Crippen LogP contribution in [0.5, 0.6) is 0 Å². The number of carbonyl (C=O) groups excluding carboxylic acids is 2. The zero-order valence-corrected chi connectivity index (χ0v) is 16.9. The van der Waals surface area contributed by atoms with Gasteiger partial charge in [-0.1, -0.05) is 60.7 Å². The fourth-order valence-electron chi connectivity index (χ4n) is 3.93. The number of hydrogen-bond donors (Lipinski definition) is 0. The molecule has 5 heteroatoms. The van der Waals surface area contributed by atoms with Gasteiger partial charge in [0.15, 0.2) is 0 Å². The molecule has 1 saturated heterocycles. The van der Waals surface area contributed by atoms with Crippen LogP contribution in [0.25, 0.3) is 0 Å². The first-order valence-corrected chi connectivity index (χ1v) is 9.80. The number of hydrogen-bond acceptors (Lipinski definition) is 3. The molecule has 2 aromatic rings. The highest BCUT2D eigenvalue weighted by Crippen LogP contribution is 2.28. The lowest BCUT2D eigenvalue weighted by Gasteiger charge is -2.32. The van der Waals surface area contributed by atoms with E-state index < -0.39 is 0 Å². The Morgan fingerprint density at radius 1 is 0.964 bits per heavy atom. The molecule has 148 valence electrons. The summed E-state index contributed by atoms with van der Waals surface area (Å²) in [6.45, 7) is 1.04. The van der Waals surface area contributed by atoms with Crippen LogP contribution in [-0.2, 0) is 9.59 Å². The van der Waals surface area contributed by atoms with Crippen molar-refractivity contribution in [3.63, 3.8) is 0 Å². The van der Waals surface area contributed by atoms with Crippen molar-refractivity contribution in [2.24, 2.45) is 0 Å². The van der Waals surface area contributed by atoms with Gasteiger partial charge in [-0.25, -0.2) is 0 Å². The van der Waals surface area contributed by atoms with E-state index in [1.807, 2.05) is 48.3 Å². The number of carbonyl (C=O) groups is 2. The maximum Gasteiger partial charge on any atom is 0.239 e. The molecule has 0 spiro atoms. The summed E-state index contributed by atoms with van der Waals surface area (Å²) < 4.78 is 0. The minimum absolute atomic E-state index is 0.0242. The van der Waals surface area contributed by atoms with Crippen molar-refractivity contribution in [1.29, 1.82) is 0 Å². The molecule has 0 N–H and O–H groups in total. The molecule has 2 amide bonds. The van der Waals surface area contributed by atoms with Crippen molar-refractivity contribution in [2.45, 2.75) is 24.9 Å². The van der Waals surface area contributed by atoms with Crippen LogP contribution in [0.1, 0.15) is 30.0 Å². The van der Waals surface area contributed by atoms with Gasteiger partial charge in [-0.15, -0.1) is 0 Å². The Labute approximate surface area is 167 Å². The van der Waals surface area contributed by atoms with Crippen LogP contribution in [0.2, 0.25) is 0 Å². The van der Waals surface area contributed by atoms with E-state index in [9.17, 15) is 9.59 Å². The highest BCUT2D eigenvalue weighted by molar-refractivity contribution is 5.84. The summed E-state index contributed by atoms with van der Waals surface area (Å²) in [5.41, 5.74) is 2.15. The highest BCUT2D eigenvalue weighted by atomic mass is 16.2. The lowest BCUT2D eigenvalue weighted by Crippen LogP contribution is -2.47. The first kappa shape index (κ1) is 20.1. The van der Waals surface area contributed by atoms with Gasteiger partial charge in [0.1, 0.15) is 0 Å². The average molecular weight is 380 g/mol. The SMILES string of the molecule is CN(C)C(=O)C1CCCN1CC(=O)N(C)C(c1ccccc1)c1ccccc1. The minimum Gasteiger partial charge on any atom is -0.347 e. The topological polar surface area (TPSA) is 43.9 Å². The Morgan fingerprint density at radius 3 is 2.00 bits per heavy atom. The van der Waals surface area contributed by atoms with Gasteiger partial charge < -0.3 is 9.80 Å². The van der Waals surface area contributed by atoms with Crippen molar-refractivity contribution in [2.75, 3.05) is 34.2 Å². The molecular weight excluding hydrogens is 350 g/mol. The largest absolute Gasteiger partial charge is 0.347 e. The fourth-order valence-corrected chi connectivity index (χ4v) is 3.93. The summed E-state index contributed by atoms with van der Waals surface area (Å²) in [5.74, 6) is 0.104. The smallest absolute Gasteiger partial charge is 0.239 e. The second kappa shape index (κ2) is 9.02. The van der Waals surface area contributed by atoms with E-state index >= 15 is 0 Å². The van der Waals surface area contributed by atoms with Gasteiger partial charge in [0.2, 0.25) is 11.8 Å². The molecule has 1 unspecified atom stereocenters. The zero-order valence-electron chi connectivity index (χ0n) is 16.9. The summed E-state index contributed by atoms with van der Waals surface area (Å²) >= 11 is 0. The average Bonchev–Trinajstić information content (AvgIpc) is 3.17. The third kappa shape index (κ3) is 4.42. The van der Waals surface area contributed by atoms with Crippen molar-refractivity contribution < 1.29 is 9.59 Å². The van der Waals surface area contributed by atoms with Crippen LogP contribution in [-0.4, -0.2) is 66.8 Å². The van der Waals surface area contributed by atoms with Crippen LogP contribution < -0.4 is 0 Å². The molecule has 0 saturated carbocycles. The van der Waals surface area contributed by atoms with E-state index in [0.29, 0.717) is 0 Å². The maximum absolute atomic E-state index is 13.2. The van der Waals surface area contributed by atoms with E-state index in [1.54, 1.807) is 23.9 Å². The van der Waals surface area contributed by atoms with Gasteiger partial charge in [0, 0.05) is 21.1 Å². The molecule has 1 aliphatic rings. The molecule has 1 aliphatic heterocycles. The van der Waals surface area contributed by atoms with Crippen LogP contribution >= 0.6 is 0 Å². The van der Waals surface area contributed by atoms with Gasteiger partial charge in [-0.3, -0.25) is 14.5 Å². The third-order valence-electron chi connectivity index (χ3n) is 5.44. The van der Waals surface area contributed by atoms with Crippen LogP contribution in [0.4, 0.5) is 0 Å². The third-order valence-corrected chi connectivity index (χ3v) is 5.44. The number of benzene rings is 2. The predicted molar refractivity (Wildman–Crippen MR) is 111 cm³/mol. The monoisotopic (exact) mass is 379 g/mol. The summed E-state index contributed by atoms with van der Waals surface area (Å²) in [4.78, 5) is 31.1. The van der Waals surface area contributed by atoms with Crippen LogP contribution in [0.3, 0.4) is 0 Å². The normalized spacial score (nSPS) is 16.9. The molecule has 1 fully saturated rings. The summed E-state index contributed by atoms with van der Waals surface area (Å²) in [6, 6.07) is 19.8. The van der Waals surface area contributed by atoms with Crippen molar-refractivity contribution >= 4 is 11.8 Å². The quantitative estimate of drug-likeness (QED) is 0.775. The molecule has 0 bridgehead atoms. The molecule has 0 radical (unpaired) electrons. The molecule has 0 aromatic heterocycles. The van der Waals surface area contributed by atoms with Crippen LogP contribution in [0, 0.1) is 0 Å². The fraction of sp³-hybridized carbons (Fsp3) is 0.391. The molecule has 5 nitrogen and oxygen atoms in total. The van der Waals surface area contributed by atoms with E-state index in [0.717, 1.165) is 30.5 Å². The van der Waals surface area contributed by atoms with E-state index in [4.69, 9.17) is 0 Å². The first-order chi connectivity index (χ1) is 13.5. The van der Waals surface area contributed by atoms with Gasteiger partial charge >= 0.3 is 0 Å². The lowest BCUT2D eigenvalue weighted by molar-refractivity contribution is -0.137. The first-order valence-electron chi connectivity index (χ1n) is 9.80. The Kier molecular flexibility index (Phi) is 6.47. The Hall–Kier alpha value is -2.66. The van der Waals surface area contributed by atoms with E-state index in [-0.39, 0.29) is 30.4 Å².